The van der Waals surface area contributed by atoms with Gasteiger partial charge in [-0.05, 0) is 24.1 Å². The van der Waals surface area contributed by atoms with E-state index in [2.05, 4.69) is 23.1 Å². The molecule has 1 aromatic heterocycles. The minimum atomic E-state index is 0.208. The van der Waals surface area contributed by atoms with Crippen LogP contribution < -0.4 is 0 Å². The molecule has 0 saturated heterocycles. The highest BCUT2D eigenvalue weighted by Crippen LogP contribution is 2.24. The van der Waals surface area contributed by atoms with Crippen LogP contribution in [0.5, 0.6) is 0 Å². The van der Waals surface area contributed by atoms with Gasteiger partial charge in [0.2, 0.25) is 0 Å². The molecule has 0 spiro atoms. The predicted octanol–water partition coefficient (Wildman–Crippen LogP) is 3.91. The Kier molecular flexibility index (Phi) is 5.23. The first-order valence-corrected chi connectivity index (χ1v) is 7.34. The Balaban J connectivity index is 2.17. The Bertz CT molecular complexity index is 525. The first-order valence-electron chi connectivity index (χ1n) is 6.42. The first-order chi connectivity index (χ1) is 9.24. The van der Waals surface area contributed by atoms with Gasteiger partial charge in [0, 0.05) is 29.8 Å². The topological polar surface area (TPSA) is 30.7 Å². The van der Waals surface area contributed by atoms with Crippen LogP contribution in [0.4, 0.5) is 0 Å². The van der Waals surface area contributed by atoms with Crippen molar-refractivity contribution in [3.05, 3.63) is 47.0 Å². The van der Waals surface area contributed by atoms with Crippen LogP contribution >= 0.6 is 23.2 Å². The van der Waals surface area contributed by atoms with Crippen LogP contribution in [0, 0.1) is 0 Å². The molecule has 3 nitrogen and oxygen atoms in total. The minimum Gasteiger partial charge on any atom is -0.250 e. The van der Waals surface area contributed by atoms with Crippen LogP contribution in [0.2, 0.25) is 5.02 Å². The largest absolute Gasteiger partial charge is 0.250 e. The van der Waals surface area contributed by atoms with Crippen molar-refractivity contribution in [1.82, 2.24) is 14.8 Å². The average molecular weight is 298 g/mol. The quantitative estimate of drug-likeness (QED) is 0.757. The second kappa shape index (κ2) is 6.92. The van der Waals surface area contributed by atoms with Crippen molar-refractivity contribution in [3.63, 3.8) is 0 Å². The highest BCUT2D eigenvalue weighted by molar-refractivity contribution is 6.30. The Morgan fingerprint density at radius 3 is 2.89 bits per heavy atom. The molecule has 1 atom stereocenters. The SMILES string of the molecule is CCCn1ncnc1CC(CCl)c1cccc(Cl)c1. The molecular formula is C14H17Cl2N3. The first kappa shape index (κ1) is 14.4. The molecule has 2 aromatic rings. The van der Waals surface area contributed by atoms with E-state index < -0.39 is 0 Å². The molecule has 0 saturated carbocycles. The molecule has 5 heteroatoms. The number of alkyl halides is 1. The highest BCUT2D eigenvalue weighted by Gasteiger charge is 2.15. The third-order valence-electron chi connectivity index (χ3n) is 3.07. The molecule has 102 valence electrons. The molecule has 1 unspecified atom stereocenters. The van der Waals surface area contributed by atoms with Crippen molar-refractivity contribution in [2.75, 3.05) is 5.88 Å². The summed E-state index contributed by atoms with van der Waals surface area (Å²) < 4.78 is 1.95. The smallest absolute Gasteiger partial charge is 0.138 e. The van der Waals surface area contributed by atoms with Crippen LogP contribution in [0.15, 0.2) is 30.6 Å². The zero-order valence-electron chi connectivity index (χ0n) is 10.9. The predicted molar refractivity (Wildman–Crippen MR) is 78.9 cm³/mol. The van der Waals surface area contributed by atoms with E-state index >= 15 is 0 Å². The molecule has 0 N–H and O–H groups in total. The van der Waals surface area contributed by atoms with Crippen molar-refractivity contribution < 1.29 is 0 Å². The number of benzene rings is 1. The van der Waals surface area contributed by atoms with E-state index in [-0.39, 0.29) is 5.92 Å². The number of rotatable bonds is 6. The third-order valence-corrected chi connectivity index (χ3v) is 3.67. The fourth-order valence-electron chi connectivity index (χ4n) is 2.09. The van der Waals surface area contributed by atoms with Gasteiger partial charge < -0.3 is 0 Å². The maximum absolute atomic E-state index is 6.10. The molecule has 2 rings (SSSR count). The van der Waals surface area contributed by atoms with E-state index in [4.69, 9.17) is 23.2 Å². The van der Waals surface area contributed by atoms with Crippen molar-refractivity contribution in [1.29, 1.82) is 0 Å². The fourth-order valence-corrected chi connectivity index (χ4v) is 2.57. The Hall–Kier alpha value is -1.06. The van der Waals surface area contributed by atoms with E-state index in [1.54, 1.807) is 6.33 Å². The van der Waals surface area contributed by atoms with Crippen molar-refractivity contribution >= 4 is 23.2 Å². The molecule has 1 aromatic carbocycles. The van der Waals surface area contributed by atoms with Gasteiger partial charge in [0.1, 0.15) is 12.2 Å². The summed E-state index contributed by atoms with van der Waals surface area (Å²) in [5.41, 5.74) is 1.15. The zero-order chi connectivity index (χ0) is 13.7. The summed E-state index contributed by atoms with van der Waals surface area (Å²) in [6, 6.07) is 7.85. The fraction of sp³-hybridized carbons (Fsp3) is 0.429. The van der Waals surface area contributed by atoms with Crippen LogP contribution in [-0.2, 0) is 13.0 Å². The summed E-state index contributed by atoms with van der Waals surface area (Å²) in [6.07, 6.45) is 3.43. The summed E-state index contributed by atoms with van der Waals surface area (Å²) in [6.45, 7) is 3.02. The minimum absolute atomic E-state index is 0.208. The summed E-state index contributed by atoms with van der Waals surface area (Å²) in [7, 11) is 0. The van der Waals surface area contributed by atoms with Gasteiger partial charge in [-0.25, -0.2) is 4.98 Å². The van der Waals surface area contributed by atoms with Gasteiger partial charge in [0.25, 0.3) is 0 Å². The molecule has 0 aliphatic heterocycles. The van der Waals surface area contributed by atoms with E-state index in [9.17, 15) is 0 Å². The van der Waals surface area contributed by atoms with E-state index in [1.807, 2.05) is 22.9 Å². The summed E-state index contributed by atoms with van der Waals surface area (Å²) in [5.74, 6) is 1.73. The van der Waals surface area contributed by atoms with E-state index in [1.165, 1.54) is 0 Å². The van der Waals surface area contributed by atoms with Crippen molar-refractivity contribution in [2.24, 2.45) is 0 Å². The average Bonchev–Trinajstić information content (AvgIpc) is 2.84. The Labute approximate surface area is 123 Å². The van der Waals surface area contributed by atoms with Crippen LogP contribution in [0.25, 0.3) is 0 Å². The zero-order valence-corrected chi connectivity index (χ0v) is 12.4. The Morgan fingerprint density at radius 1 is 1.37 bits per heavy atom. The maximum atomic E-state index is 6.10. The number of hydrogen-bond donors (Lipinski definition) is 0. The van der Waals surface area contributed by atoms with Gasteiger partial charge in [-0.15, -0.1) is 11.6 Å². The maximum Gasteiger partial charge on any atom is 0.138 e. The molecular weight excluding hydrogens is 281 g/mol. The van der Waals surface area contributed by atoms with E-state index in [0.717, 1.165) is 35.8 Å². The van der Waals surface area contributed by atoms with Crippen LogP contribution in [-0.4, -0.2) is 20.6 Å². The lowest BCUT2D eigenvalue weighted by atomic mass is 9.97. The lowest BCUT2D eigenvalue weighted by Gasteiger charge is -2.14. The lowest BCUT2D eigenvalue weighted by molar-refractivity contribution is 0.554. The third kappa shape index (κ3) is 3.71. The van der Waals surface area contributed by atoms with Gasteiger partial charge in [-0.3, -0.25) is 4.68 Å². The molecule has 0 amide bonds. The van der Waals surface area contributed by atoms with Crippen LogP contribution in [0.3, 0.4) is 0 Å². The van der Waals surface area contributed by atoms with Gasteiger partial charge in [0.05, 0.1) is 0 Å². The lowest BCUT2D eigenvalue weighted by Crippen LogP contribution is -2.11. The molecule has 1 heterocycles. The van der Waals surface area contributed by atoms with Gasteiger partial charge in [0.15, 0.2) is 0 Å². The standard InChI is InChI=1S/C14H17Cl2N3/c1-2-6-19-14(17-10-18-19)8-12(9-15)11-4-3-5-13(16)7-11/h3-5,7,10,12H,2,6,8-9H2,1H3. The number of aryl methyl sites for hydroxylation is 1. The van der Waals surface area contributed by atoms with Gasteiger partial charge in [-0.1, -0.05) is 30.7 Å². The second-order valence-corrected chi connectivity index (χ2v) is 5.25. The number of nitrogens with zero attached hydrogens (tertiary/aromatic N) is 3. The number of hydrogen-bond acceptors (Lipinski definition) is 2. The monoisotopic (exact) mass is 297 g/mol. The molecule has 0 bridgehead atoms. The summed E-state index contributed by atoms with van der Waals surface area (Å²) >= 11 is 12.1. The van der Waals surface area contributed by atoms with Gasteiger partial charge in [-0.2, -0.15) is 5.10 Å². The van der Waals surface area contributed by atoms with Gasteiger partial charge >= 0.3 is 0 Å². The highest BCUT2D eigenvalue weighted by atomic mass is 35.5. The molecule has 0 radical (unpaired) electrons. The van der Waals surface area contributed by atoms with Crippen molar-refractivity contribution in [2.45, 2.75) is 32.2 Å². The Morgan fingerprint density at radius 2 is 2.21 bits per heavy atom. The molecule has 0 aliphatic carbocycles. The summed E-state index contributed by atoms with van der Waals surface area (Å²) in [4.78, 5) is 4.33. The summed E-state index contributed by atoms with van der Waals surface area (Å²) in [5, 5.41) is 4.98. The number of halogens is 2. The number of aromatic nitrogens is 3. The normalized spacial score (nSPS) is 12.6. The molecule has 19 heavy (non-hydrogen) atoms. The van der Waals surface area contributed by atoms with Crippen LogP contribution in [0.1, 0.15) is 30.7 Å². The molecule has 0 fully saturated rings. The van der Waals surface area contributed by atoms with E-state index in [0.29, 0.717) is 5.88 Å². The second-order valence-electron chi connectivity index (χ2n) is 4.51. The van der Waals surface area contributed by atoms with Crippen molar-refractivity contribution in [3.8, 4) is 0 Å². The molecule has 0 aliphatic rings.